The first kappa shape index (κ1) is 16.2. The first-order chi connectivity index (χ1) is 10.5. The van der Waals surface area contributed by atoms with Crippen LogP contribution in [-0.4, -0.2) is 22.4 Å². The summed E-state index contributed by atoms with van der Waals surface area (Å²) in [4.78, 5) is 20.3. The van der Waals surface area contributed by atoms with Crippen LogP contribution in [0, 0.1) is 5.92 Å². The van der Waals surface area contributed by atoms with E-state index >= 15 is 0 Å². The molecule has 0 saturated carbocycles. The Morgan fingerprint density at radius 1 is 1.23 bits per heavy atom. The summed E-state index contributed by atoms with van der Waals surface area (Å²) in [6, 6.07) is 9.11. The Morgan fingerprint density at radius 3 is 2.64 bits per heavy atom. The zero-order chi connectivity index (χ0) is 15.9. The number of rotatable bonds is 6. The molecule has 0 aliphatic carbocycles. The van der Waals surface area contributed by atoms with E-state index in [1.54, 1.807) is 12.3 Å². The third kappa shape index (κ3) is 5.00. The lowest BCUT2D eigenvalue weighted by atomic mass is 10.2. The molecule has 2 rings (SSSR count). The SMILES string of the molecule is CC(C)CNC(=O)c1ccnc(NCc2ccc(Cl)cc2)n1. The Hall–Kier alpha value is -2.14. The monoisotopic (exact) mass is 318 g/mol. The van der Waals surface area contributed by atoms with Gasteiger partial charge in [0.25, 0.3) is 5.91 Å². The fourth-order valence-corrected chi connectivity index (χ4v) is 1.87. The second-order valence-electron chi connectivity index (χ2n) is 5.35. The Morgan fingerprint density at radius 2 is 1.95 bits per heavy atom. The van der Waals surface area contributed by atoms with Gasteiger partial charge in [-0.1, -0.05) is 37.6 Å². The van der Waals surface area contributed by atoms with Crippen LogP contribution in [0.2, 0.25) is 5.02 Å². The van der Waals surface area contributed by atoms with Gasteiger partial charge in [-0.2, -0.15) is 0 Å². The van der Waals surface area contributed by atoms with Gasteiger partial charge in [-0.05, 0) is 29.7 Å². The van der Waals surface area contributed by atoms with E-state index in [2.05, 4.69) is 20.6 Å². The predicted molar refractivity (Wildman–Crippen MR) is 88.0 cm³/mol. The lowest BCUT2D eigenvalue weighted by Crippen LogP contribution is -2.28. The molecule has 116 valence electrons. The largest absolute Gasteiger partial charge is 0.350 e. The summed E-state index contributed by atoms with van der Waals surface area (Å²) in [6.45, 7) is 5.27. The summed E-state index contributed by atoms with van der Waals surface area (Å²) in [5.74, 6) is 0.631. The third-order valence-corrected chi connectivity index (χ3v) is 3.17. The summed E-state index contributed by atoms with van der Waals surface area (Å²) in [6.07, 6.45) is 1.57. The second kappa shape index (κ2) is 7.75. The standard InChI is InChI=1S/C16H19ClN4O/c1-11(2)9-19-15(22)14-7-8-18-16(21-14)20-10-12-3-5-13(17)6-4-12/h3-8,11H,9-10H2,1-2H3,(H,19,22)(H,18,20,21). The van der Waals surface area contributed by atoms with Crippen LogP contribution in [0.1, 0.15) is 29.9 Å². The average molecular weight is 319 g/mol. The number of carbonyl (C=O) groups is 1. The van der Waals surface area contributed by atoms with Gasteiger partial charge in [0.1, 0.15) is 5.69 Å². The van der Waals surface area contributed by atoms with E-state index in [0.717, 1.165) is 5.56 Å². The van der Waals surface area contributed by atoms with Crippen molar-refractivity contribution >= 4 is 23.5 Å². The molecular formula is C16H19ClN4O. The summed E-state index contributed by atoms with van der Waals surface area (Å²) >= 11 is 5.85. The molecule has 0 radical (unpaired) electrons. The number of nitrogens with zero attached hydrogens (tertiary/aromatic N) is 2. The maximum atomic E-state index is 12.0. The minimum atomic E-state index is -0.189. The first-order valence-electron chi connectivity index (χ1n) is 7.14. The number of amides is 1. The van der Waals surface area contributed by atoms with Crippen LogP contribution < -0.4 is 10.6 Å². The molecular weight excluding hydrogens is 300 g/mol. The number of benzene rings is 1. The molecule has 2 N–H and O–H groups in total. The first-order valence-corrected chi connectivity index (χ1v) is 7.52. The minimum Gasteiger partial charge on any atom is -0.350 e. The highest BCUT2D eigenvalue weighted by molar-refractivity contribution is 6.30. The van der Waals surface area contributed by atoms with Gasteiger partial charge in [-0.3, -0.25) is 4.79 Å². The van der Waals surface area contributed by atoms with Crippen molar-refractivity contribution in [1.82, 2.24) is 15.3 Å². The molecule has 0 atom stereocenters. The molecule has 0 spiro atoms. The van der Waals surface area contributed by atoms with Crippen LogP contribution in [0.5, 0.6) is 0 Å². The van der Waals surface area contributed by atoms with E-state index in [1.807, 2.05) is 38.1 Å². The van der Waals surface area contributed by atoms with Gasteiger partial charge in [-0.25, -0.2) is 9.97 Å². The number of hydrogen-bond acceptors (Lipinski definition) is 4. The van der Waals surface area contributed by atoms with Gasteiger partial charge in [0.05, 0.1) is 0 Å². The van der Waals surface area contributed by atoms with Crippen LogP contribution in [0.15, 0.2) is 36.5 Å². The summed E-state index contributed by atoms with van der Waals surface area (Å²) in [7, 11) is 0. The fourth-order valence-electron chi connectivity index (χ4n) is 1.74. The highest BCUT2D eigenvalue weighted by Gasteiger charge is 2.09. The number of hydrogen-bond donors (Lipinski definition) is 2. The topological polar surface area (TPSA) is 66.9 Å². The lowest BCUT2D eigenvalue weighted by Gasteiger charge is -2.09. The van der Waals surface area contributed by atoms with Crippen molar-refractivity contribution in [2.24, 2.45) is 5.92 Å². The van der Waals surface area contributed by atoms with E-state index < -0.39 is 0 Å². The molecule has 1 aromatic heterocycles. The minimum absolute atomic E-state index is 0.189. The Bertz CT molecular complexity index is 628. The van der Waals surface area contributed by atoms with Crippen molar-refractivity contribution < 1.29 is 4.79 Å². The predicted octanol–water partition coefficient (Wildman–Crippen LogP) is 3.13. The van der Waals surface area contributed by atoms with Crippen LogP contribution in [0.25, 0.3) is 0 Å². The molecule has 0 bridgehead atoms. The molecule has 2 aromatic rings. The number of nitrogens with one attached hydrogen (secondary N) is 2. The van der Waals surface area contributed by atoms with Crippen LogP contribution in [-0.2, 0) is 6.54 Å². The quantitative estimate of drug-likeness (QED) is 0.858. The molecule has 0 aliphatic heterocycles. The van der Waals surface area contributed by atoms with Crippen molar-refractivity contribution in [2.45, 2.75) is 20.4 Å². The molecule has 1 heterocycles. The highest BCUT2D eigenvalue weighted by atomic mass is 35.5. The van der Waals surface area contributed by atoms with Gasteiger partial charge in [0.2, 0.25) is 5.95 Å². The smallest absolute Gasteiger partial charge is 0.270 e. The molecule has 0 unspecified atom stereocenters. The van der Waals surface area contributed by atoms with Gasteiger partial charge in [0.15, 0.2) is 0 Å². The number of carbonyl (C=O) groups excluding carboxylic acids is 1. The molecule has 0 saturated heterocycles. The van der Waals surface area contributed by atoms with E-state index in [1.165, 1.54) is 0 Å². The third-order valence-electron chi connectivity index (χ3n) is 2.92. The van der Waals surface area contributed by atoms with Crippen LogP contribution in [0.3, 0.4) is 0 Å². The fraction of sp³-hybridized carbons (Fsp3) is 0.312. The zero-order valence-electron chi connectivity index (χ0n) is 12.6. The van der Waals surface area contributed by atoms with E-state index in [0.29, 0.717) is 35.7 Å². The molecule has 1 amide bonds. The molecule has 6 heteroatoms. The van der Waals surface area contributed by atoms with Crippen LogP contribution >= 0.6 is 11.6 Å². The summed E-state index contributed by atoms with van der Waals surface area (Å²) in [5.41, 5.74) is 1.41. The molecule has 0 aliphatic rings. The Balaban J connectivity index is 1.96. The van der Waals surface area contributed by atoms with Gasteiger partial charge < -0.3 is 10.6 Å². The van der Waals surface area contributed by atoms with Gasteiger partial charge in [-0.15, -0.1) is 0 Å². The van der Waals surface area contributed by atoms with Crippen molar-refractivity contribution in [3.05, 3.63) is 52.8 Å². The van der Waals surface area contributed by atoms with Crippen LogP contribution in [0.4, 0.5) is 5.95 Å². The maximum Gasteiger partial charge on any atom is 0.270 e. The molecule has 0 fully saturated rings. The molecule has 1 aromatic carbocycles. The average Bonchev–Trinajstić information content (AvgIpc) is 2.52. The number of anilines is 1. The van der Waals surface area contributed by atoms with Crippen molar-refractivity contribution in [3.8, 4) is 0 Å². The normalized spacial score (nSPS) is 10.5. The highest BCUT2D eigenvalue weighted by Crippen LogP contribution is 2.10. The number of halogens is 1. The van der Waals surface area contributed by atoms with Crippen molar-refractivity contribution in [1.29, 1.82) is 0 Å². The molecule has 22 heavy (non-hydrogen) atoms. The van der Waals surface area contributed by atoms with Crippen molar-refractivity contribution in [3.63, 3.8) is 0 Å². The van der Waals surface area contributed by atoms with Gasteiger partial charge >= 0.3 is 0 Å². The van der Waals surface area contributed by atoms with E-state index in [9.17, 15) is 4.79 Å². The summed E-state index contributed by atoms with van der Waals surface area (Å²) < 4.78 is 0. The van der Waals surface area contributed by atoms with E-state index in [-0.39, 0.29) is 5.91 Å². The molecule has 5 nitrogen and oxygen atoms in total. The lowest BCUT2D eigenvalue weighted by molar-refractivity contribution is 0.0944. The zero-order valence-corrected chi connectivity index (χ0v) is 13.4. The Kier molecular flexibility index (Phi) is 5.72. The van der Waals surface area contributed by atoms with E-state index in [4.69, 9.17) is 11.6 Å². The Labute approximate surface area is 135 Å². The second-order valence-corrected chi connectivity index (χ2v) is 5.79. The maximum absolute atomic E-state index is 12.0. The van der Waals surface area contributed by atoms with Gasteiger partial charge in [0, 0.05) is 24.3 Å². The van der Waals surface area contributed by atoms with Crippen molar-refractivity contribution in [2.75, 3.05) is 11.9 Å². The number of aromatic nitrogens is 2. The summed E-state index contributed by atoms with van der Waals surface area (Å²) in [5, 5.41) is 6.63.